The number of thioether (sulfide) groups is 1. The maximum atomic E-state index is 12.5. The average Bonchev–Trinajstić information content (AvgIpc) is 2.79. The highest BCUT2D eigenvalue weighted by Crippen LogP contribution is 2.26. The number of hydrogen-bond acceptors (Lipinski definition) is 5. The third-order valence-electron chi connectivity index (χ3n) is 4.25. The largest absolute Gasteiger partial charge is 0.497 e. The van der Waals surface area contributed by atoms with Crippen LogP contribution in [0.2, 0.25) is 0 Å². The summed E-state index contributed by atoms with van der Waals surface area (Å²) in [5.74, 6) is 1.13. The van der Waals surface area contributed by atoms with Gasteiger partial charge in [-0.05, 0) is 55.5 Å². The summed E-state index contributed by atoms with van der Waals surface area (Å²) >= 11 is 1.39. The SMILES string of the molecule is CCOc1ccccc1NC(=O)CSc1cccc(NC(=O)c2cccc(OC)c2)c1. The van der Waals surface area contributed by atoms with Crippen molar-refractivity contribution >= 4 is 35.0 Å². The number of nitrogens with one attached hydrogen (secondary N) is 2. The van der Waals surface area contributed by atoms with Crippen molar-refractivity contribution in [3.05, 3.63) is 78.4 Å². The Labute approximate surface area is 186 Å². The van der Waals surface area contributed by atoms with Crippen LogP contribution in [0.5, 0.6) is 11.5 Å². The van der Waals surface area contributed by atoms with Crippen LogP contribution in [0.25, 0.3) is 0 Å². The lowest BCUT2D eigenvalue weighted by atomic mass is 10.2. The highest BCUT2D eigenvalue weighted by Gasteiger charge is 2.10. The van der Waals surface area contributed by atoms with Gasteiger partial charge >= 0.3 is 0 Å². The van der Waals surface area contributed by atoms with Crippen molar-refractivity contribution in [1.82, 2.24) is 0 Å². The molecule has 3 aromatic carbocycles. The molecule has 3 rings (SSSR count). The third-order valence-corrected chi connectivity index (χ3v) is 5.25. The minimum Gasteiger partial charge on any atom is -0.497 e. The predicted octanol–water partition coefficient (Wildman–Crippen LogP) is 5.08. The van der Waals surface area contributed by atoms with E-state index in [1.54, 1.807) is 37.4 Å². The molecule has 0 saturated carbocycles. The van der Waals surface area contributed by atoms with E-state index in [9.17, 15) is 9.59 Å². The summed E-state index contributed by atoms with van der Waals surface area (Å²) in [6, 6.07) is 21.7. The number of para-hydroxylation sites is 2. The van der Waals surface area contributed by atoms with Crippen LogP contribution in [0.1, 0.15) is 17.3 Å². The van der Waals surface area contributed by atoms with E-state index in [1.165, 1.54) is 11.8 Å². The van der Waals surface area contributed by atoms with Crippen molar-refractivity contribution in [2.45, 2.75) is 11.8 Å². The third kappa shape index (κ3) is 6.52. The van der Waals surface area contributed by atoms with Crippen LogP contribution in [0.4, 0.5) is 11.4 Å². The molecule has 0 atom stereocenters. The quantitative estimate of drug-likeness (QED) is 0.458. The molecule has 0 aliphatic heterocycles. The van der Waals surface area contributed by atoms with Gasteiger partial charge in [0.25, 0.3) is 5.91 Å². The lowest BCUT2D eigenvalue weighted by Gasteiger charge is -2.11. The molecule has 6 nitrogen and oxygen atoms in total. The number of anilines is 2. The lowest BCUT2D eigenvalue weighted by molar-refractivity contribution is -0.113. The number of carbonyl (C=O) groups excluding carboxylic acids is 2. The van der Waals surface area contributed by atoms with Crippen LogP contribution in [0.3, 0.4) is 0 Å². The standard InChI is InChI=1S/C24H24N2O4S/c1-3-30-22-13-5-4-12-21(22)26-23(27)16-31-20-11-7-9-18(15-20)25-24(28)17-8-6-10-19(14-17)29-2/h4-15H,3,16H2,1-2H3,(H,25,28)(H,26,27). The van der Waals surface area contributed by atoms with Crippen LogP contribution in [-0.4, -0.2) is 31.3 Å². The van der Waals surface area contributed by atoms with Crippen LogP contribution < -0.4 is 20.1 Å². The van der Waals surface area contributed by atoms with E-state index in [0.29, 0.717) is 35.0 Å². The summed E-state index contributed by atoms with van der Waals surface area (Å²) in [6.45, 7) is 2.42. The second-order valence-corrected chi connectivity index (χ2v) is 7.53. The van der Waals surface area contributed by atoms with Crippen LogP contribution >= 0.6 is 11.8 Å². The lowest BCUT2D eigenvalue weighted by Crippen LogP contribution is -2.15. The van der Waals surface area contributed by atoms with Gasteiger partial charge in [0.15, 0.2) is 0 Å². The molecule has 0 fully saturated rings. The molecule has 0 heterocycles. The van der Waals surface area contributed by atoms with Crippen molar-refractivity contribution in [3.63, 3.8) is 0 Å². The number of rotatable bonds is 9. The maximum absolute atomic E-state index is 12.5. The fourth-order valence-corrected chi connectivity index (χ4v) is 3.57. The second kappa shape index (κ2) is 11.1. The fraction of sp³-hybridized carbons (Fsp3) is 0.167. The van der Waals surface area contributed by atoms with E-state index in [2.05, 4.69) is 10.6 Å². The van der Waals surface area contributed by atoms with E-state index in [1.807, 2.05) is 49.4 Å². The highest BCUT2D eigenvalue weighted by atomic mass is 32.2. The van der Waals surface area contributed by atoms with Gasteiger partial charge in [-0.15, -0.1) is 11.8 Å². The molecule has 31 heavy (non-hydrogen) atoms. The van der Waals surface area contributed by atoms with Gasteiger partial charge in [0.05, 0.1) is 25.2 Å². The van der Waals surface area contributed by atoms with Crippen LogP contribution in [0.15, 0.2) is 77.7 Å². The number of hydrogen-bond donors (Lipinski definition) is 2. The van der Waals surface area contributed by atoms with Gasteiger partial charge in [0.1, 0.15) is 11.5 Å². The average molecular weight is 437 g/mol. The number of amides is 2. The second-order valence-electron chi connectivity index (χ2n) is 6.48. The van der Waals surface area contributed by atoms with Crippen LogP contribution in [0, 0.1) is 0 Å². The van der Waals surface area contributed by atoms with E-state index in [0.717, 1.165) is 4.90 Å². The molecule has 0 saturated heterocycles. The molecule has 160 valence electrons. The topological polar surface area (TPSA) is 76.7 Å². The van der Waals surface area contributed by atoms with Gasteiger partial charge in [0, 0.05) is 16.1 Å². The van der Waals surface area contributed by atoms with Crippen molar-refractivity contribution in [1.29, 1.82) is 0 Å². The van der Waals surface area contributed by atoms with E-state index in [4.69, 9.17) is 9.47 Å². The Morgan fingerprint density at radius 2 is 1.74 bits per heavy atom. The van der Waals surface area contributed by atoms with Crippen molar-refractivity contribution in [3.8, 4) is 11.5 Å². The van der Waals surface area contributed by atoms with Gasteiger partial charge < -0.3 is 20.1 Å². The maximum Gasteiger partial charge on any atom is 0.255 e. The Morgan fingerprint density at radius 1 is 0.935 bits per heavy atom. The Kier molecular flexibility index (Phi) is 7.95. The minimum atomic E-state index is -0.230. The molecule has 0 spiro atoms. The van der Waals surface area contributed by atoms with E-state index >= 15 is 0 Å². The molecule has 0 radical (unpaired) electrons. The Morgan fingerprint density at radius 3 is 2.55 bits per heavy atom. The molecule has 0 bridgehead atoms. The molecular formula is C24H24N2O4S. The van der Waals surface area contributed by atoms with E-state index in [-0.39, 0.29) is 17.6 Å². The van der Waals surface area contributed by atoms with Crippen molar-refractivity contribution in [2.75, 3.05) is 30.1 Å². The summed E-state index contributed by atoms with van der Waals surface area (Å²) in [4.78, 5) is 25.8. The summed E-state index contributed by atoms with van der Waals surface area (Å²) in [7, 11) is 1.56. The van der Waals surface area contributed by atoms with Gasteiger partial charge in [-0.3, -0.25) is 9.59 Å². The molecule has 0 unspecified atom stereocenters. The van der Waals surface area contributed by atoms with E-state index < -0.39 is 0 Å². The molecule has 0 aliphatic carbocycles. The van der Waals surface area contributed by atoms with Crippen LogP contribution in [-0.2, 0) is 4.79 Å². The molecular weight excluding hydrogens is 412 g/mol. The zero-order chi connectivity index (χ0) is 22.1. The molecule has 0 aliphatic rings. The van der Waals surface area contributed by atoms with Crippen molar-refractivity contribution < 1.29 is 19.1 Å². The molecule has 0 aromatic heterocycles. The first-order valence-corrected chi connectivity index (χ1v) is 10.8. The number of methoxy groups -OCH3 is 1. The summed E-state index contributed by atoms with van der Waals surface area (Å²) in [5.41, 5.74) is 1.80. The monoisotopic (exact) mass is 436 g/mol. The first kappa shape index (κ1) is 22.2. The summed E-state index contributed by atoms with van der Waals surface area (Å²) in [5, 5.41) is 5.75. The highest BCUT2D eigenvalue weighted by molar-refractivity contribution is 8.00. The number of carbonyl (C=O) groups is 2. The molecule has 3 aromatic rings. The number of benzene rings is 3. The Balaban J connectivity index is 1.58. The fourth-order valence-electron chi connectivity index (χ4n) is 2.82. The predicted molar refractivity (Wildman–Crippen MR) is 124 cm³/mol. The molecule has 2 N–H and O–H groups in total. The molecule has 2 amide bonds. The summed E-state index contributed by atoms with van der Waals surface area (Å²) < 4.78 is 10.7. The van der Waals surface area contributed by atoms with Gasteiger partial charge in [-0.1, -0.05) is 24.3 Å². The number of ether oxygens (including phenoxy) is 2. The van der Waals surface area contributed by atoms with Gasteiger partial charge in [-0.25, -0.2) is 0 Å². The Hall–Kier alpha value is -3.45. The smallest absolute Gasteiger partial charge is 0.255 e. The first-order chi connectivity index (χ1) is 15.1. The molecule has 7 heteroatoms. The zero-order valence-corrected chi connectivity index (χ0v) is 18.2. The summed E-state index contributed by atoms with van der Waals surface area (Å²) in [6.07, 6.45) is 0. The van der Waals surface area contributed by atoms with Gasteiger partial charge in [0.2, 0.25) is 5.91 Å². The minimum absolute atomic E-state index is 0.136. The van der Waals surface area contributed by atoms with Crippen molar-refractivity contribution in [2.24, 2.45) is 0 Å². The van der Waals surface area contributed by atoms with Gasteiger partial charge in [-0.2, -0.15) is 0 Å². The first-order valence-electron chi connectivity index (χ1n) is 9.79. The normalized spacial score (nSPS) is 10.3. The Bertz CT molecular complexity index is 1060. The zero-order valence-electron chi connectivity index (χ0n) is 17.4.